The third-order valence-electron chi connectivity index (χ3n) is 5.71. The Bertz CT molecular complexity index is 1440. The van der Waals surface area contributed by atoms with Crippen molar-refractivity contribution in [2.24, 2.45) is 0 Å². The number of hydrogen-bond acceptors (Lipinski definition) is 4. The molecule has 1 amide bonds. The summed E-state index contributed by atoms with van der Waals surface area (Å²) in [5.74, 6) is 0.362. The molecule has 33 heavy (non-hydrogen) atoms. The molecule has 6 heteroatoms. The first-order chi connectivity index (χ1) is 16.1. The first kappa shape index (κ1) is 20.7. The van der Waals surface area contributed by atoms with E-state index in [9.17, 15) is 9.90 Å². The number of methoxy groups -OCH3 is 1. The van der Waals surface area contributed by atoms with E-state index in [-0.39, 0.29) is 18.1 Å². The second-order valence-electron chi connectivity index (χ2n) is 7.82. The largest absolute Gasteiger partial charge is 0.497 e. The van der Waals surface area contributed by atoms with Gasteiger partial charge in [0.05, 0.1) is 24.4 Å². The molecule has 2 aromatic heterocycles. The molecule has 3 aromatic carbocycles. The number of aromatic nitrogens is 2. The molecule has 1 atom stereocenters. The van der Waals surface area contributed by atoms with Crippen LogP contribution in [0.2, 0.25) is 0 Å². The van der Waals surface area contributed by atoms with Crippen LogP contribution in [0.15, 0.2) is 84.9 Å². The third-order valence-corrected chi connectivity index (χ3v) is 5.71. The Hall–Kier alpha value is -4.16. The van der Waals surface area contributed by atoms with Crippen molar-refractivity contribution in [3.63, 3.8) is 0 Å². The maximum atomic E-state index is 13.1. The number of ether oxygens (including phenoxy) is 1. The van der Waals surface area contributed by atoms with Crippen LogP contribution in [0, 0.1) is 0 Å². The lowest BCUT2D eigenvalue weighted by Crippen LogP contribution is -2.29. The molecule has 0 radical (unpaired) electrons. The molecule has 164 valence electrons. The fourth-order valence-corrected chi connectivity index (χ4v) is 4.01. The van der Waals surface area contributed by atoms with Crippen LogP contribution in [0.25, 0.3) is 33.1 Å². The van der Waals surface area contributed by atoms with Gasteiger partial charge in [0.15, 0.2) is 0 Å². The monoisotopic (exact) mass is 437 g/mol. The van der Waals surface area contributed by atoms with Gasteiger partial charge in [-0.25, -0.2) is 4.98 Å². The molecular formula is C27H23N3O3. The molecule has 3 N–H and O–H groups in total. The topological polar surface area (TPSA) is 87.2 Å². The quantitative estimate of drug-likeness (QED) is 0.354. The summed E-state index contributed by atoms with van der Waals surface area (Å²) in [6.07, 6.45) is -0.801. The predicted octanol–water partition coefficient (Wildman–Crippen LogP) is 4.86. The maximum Gasteiger partial charge on any atom is 0.270 e. The number of benzene rings is 3. The number of aliphatic hydroxyl groups is 1. The zero-order valence-electron chi connectivity index (χ0n) is 18.1. The van der Waals surface area contributed by atoms with Crippen molar-refractivity contribution in [1.82, 2.24) is 15.3 Å². The molecule has 0 saturated heterocycles. The van der Waals surface area contributed by atoms with Gasteiger partial charge >= 0.3 is 0 Å². The highest BCUT2D eigenvalue weighted by atomic mass is 16.5. The van der Waals surface area contributed by atoms with Crippen molar-refractivity contribution < 1.29 is 14.6 Å². The van der Waals surface area contributed by atoms with Crippen LogP contribution in [0.4, 0.5) is 0 Å². The highest BCUT2D eigenvalue weighted by Crippen LogP contribution is 2.33. The Labute approximate surface area is 190 Å². The van der Waals surface area contributed by atoms with Crippen molar-refractivity contribution in [2.75, 3.05) is 13.7 Å². The van der Waals surface area contributed by atoms with E-state index in [1.54, 1.807) is 13.2 Å². The van der Waals surface area contributed by atoms with Crippen LogP contribution < -0.4 is 10.1 Å². The Morgan fingerprint density at radius 3 is 2.61 bits per heavy atom. The van der Waals surface area contributed by atoms with Gasteiger partial charge in [-0.05, 0) is 29.8 Å². The van der Waals surface area contributed by atoms with E-state index in [1.807, 2.05) is 78.9 Å². The molecule has 0 aliphatic carbocycles. The molecule has 0 bridgehead atoms. The fraction of sp³-hybridized carbons (Fsp3) is 0.111. The lowest BCUT2D eigenvalue weighted by atomic mass is 10.1. The highest BCUT2D eigenvalue weighted by Gasteiger charge is 2.18. The summed E-state index contributed by atoms with van der Waals surface area (Å²) >= 11 is 0. The number of pyridine rings is 1. The van der Waals surface area contributed by atoms with Gasteiger partial charge in [-0.1, -0.05) is 60.7 Å². The number of amides is 1. The van der Waals surface area contributed by atoms with E-state index in [1.165, 1.54) is 0 Å². The molecule has 2 heterocycles. The molecule has 5 aromatic rings. The molecule has 0 spiro atoms. The summed E-state index contributed by atoms with van der Waals surface area (Å²) in [5, 5.41) is 15.2. The van der Waals surface area contributed by atoms with Crippen molar-refractivity contribution >= 4 is 27.7 Å². The van der Waals surface area contributed by atoms with Crippen molar-refractivity contribution in [3.05, 3.63) is 96.2 Å². The molecule has 6 nitrogen and oxygen atoms in total. The number of nitrogens with zero attached hydrogens (tertiary/aromatic N) is 1. The SMILES string of the molecule is COc1cccc(-c2nc(C(=O)NC[C@H](O)c3ccccc3)cc3c2[nH]c2ccccc23)c1. The second-order valence-corrected chi connectivity index (χ2v) is 7.82. The Morgan fingerprint density at radius 1 is 1.00 bits per heavy atom. The number of para-hydroxylation sites is 1. The predicted molar refractivity (Wildman–Crippen MR) is 129 cm³/mol. The van der Waals surface area contributed by atoms with Crippen LogP contribution >= 0.6 is 0 Å². The van der Waals surface area contributed by atoms with E-state index in [2.05, 4.69) is 10.3 Å². The normalized spacial score (nSPS) is 12.1. The van der Waals surface area contributed by atoms with E-state index < -0.39 is 6.10 Å². The van der Waals surface area contributed by atoms with Gasteiger partial charge in [-0.15, -0.1) is 0 Å². The molecular weight excluding hydrogens is 414 g/mol. The maximum absolute atomic E-state index is 13.1. The number of fused-ring (bicyclic) bond motifs is 3. The van der Waals surface area contributed by atoms with Gasteiger partial charge in [0.25, 0.3) is 5.91 Å². The van der Waals surface area contributed by atoms with Crippen molar-refractivity contribution in [3.8, 4) is 17.0 Å². The average molecular weight is 437 g/mol. The minimum absolute atomic E-state index is 0.0882. The van der Waals surface area contributed by atoms with Gasteiger partial charge in [0, 0.05) is 28.4 Å². The summed E-state index contributed by atoms with van der Waals surface area (Å²) in [7, 11) is 1.62. The lowest BCUT2D eigenvalue weighted by Gasteiger charge is -2.13. The number of hydrogen-bond donors (Lipinski definition) is 3. The molecule has 0 unspecified atom stereocenters. The summed E-state index contributed by atoms with van der Waals surface area (Å²) in [6, 6.07) is 26.6. The first-order valence-corrected chi connectivity index (χ1v) is 10.7. The number of nitrogens with one attached hydrogen (secondary N) is 2. The Morgan fingerprint density at radius 2 is 1.79 bits per heavy atom. The minimum Gasteiger partial charge on any atom is -0.497 e. The molecule has 0 aliphatic rings. The first-order valence-electron chi connectivity index (χ1n) is 10.7. The van der Waals surface area contributed by atoms with E-state index in [0.717, 1.165) is 32.9 Å². The number of rotatable bonds is 6. The van der Waals surface area contributed by atoms with Crippen molar-refractivity contribution in [1.29, 1.82) is 0 Å². The highest BCUT2D eigenvalue weighted by molar-refractivity contribution is 6.13. The Kier molecular flexibility index (Phi) is 5.50. The zero-order valence-corrected chi connectivity index (χ0v) is 18.1. The molecule has 5 rings (SSSR count). The zero-order chi connectivity index (χ0) is 22.8. The lowest BCUT2D eigenvalue weighted by molar-refractivity contribution is 0.0911. The van der Waals surface area contributed by atoms with Crippen LogP contribution in [0.5, 0.6) is 5.75 Å². The summed E-state index contributed by atoms with van der Waals surface area (Å²) in [6.45, 7) is 0.0882. The third kappa shape index (κ3) is 4.04. The molecule has 0 fully saturated rings. The van der Waals surface area contributed by atoms with Gasteiger partial charge in [-0.3, -0.25) is 4.79 Å². The molecule has 0 aliphatic heterocycles. The van der Waals surface area contributed by atoms with Gasteiger partial charge < -0.3 is 20.1 Å². The van der Waals surface area contributed by atoms with Crippen LogP contribution in [0.3, 0.4) is 0 Å². The van der Waals surface area contributed by atoms with Gasteiger partial charge in [-0.2, -0.15) is 0 Å². The van der Waals surface area contributed by atoms with Gasteiger partial charge in [0.2, 0.25) is 0 Å². The fourth-order valence-electron chi connectivity index (χ4n) is 4.01. The number of aliphatic hydroxyl groups excluding tert-OH is 1. The number of carbonyl (C=O) groups is 1. The van der Waals surface area contributed by atoms with Crippen LogP contribution in [-0.4, -0.2) is 34.6 Å². The summed E-state index contributed by atoms with van der Waals surface area (Å²) in [5.41, 5.74) is 4.35. The van der Waals surface area contributed by atoms with E-state index in [0.29, 0.717) is 11.4 Å². The minimum atomic E-state index is -0.801. The number of H-pyrrole nitrogens is 1. The molecule has 0 saturated carbocycles. The summed E-state index contributed by atoms with van der Waals surface area (Å²) in [4.78, 5) is 21.2. The smallest absolute Gasteiger partial charge is 0.270 e. The van der Waals surface area contributed by atoms with Crippen LogP contribution in [0.1, 0.15) is 22.2 Å². The second kappa shape index (κ2) is 8.76. The van der Waals surface area contributed by atoms with E-state index >= 15 is 0 Å². The van der Waals surface area contributed by atoms with Gasteiger partial charge in [0.1, 0.15) is 11.4 Å². The van der Waals surface area contributed by atoms with Crippen LogP contribution in [-0.2, 0) is 0 Å². The number of carbonyl (C=O) groups excluding carboxylic acids is 1. The van der Waals surface area contributed by atoms with Crippen molar-refractivity contribution in [2.45, 2.75) is 6.10 Å². The average Bonchev–Trinajstić information content (AvgIpc) is 3.25. The number of aromatic amines is 1. The Balaban J connectivity index is 1.56. The summed E-state index contributed by atoms with van der Waals surface area (Å²) < 4.78 is 5.39. The van der Waals surface area contributed by atoms with E-state index in [4.69, 9.17) is 9.72 Å². The standard InChI is InChI=1S/C27H23N3O3/c1-33-19-11-7-10-18(14-19)25-26-21(20-12-5-6-13-22(20)29-26)15-23(30-25)27(32)28-16-24(31)17-8-3-2-4-9-17/h2-15,24,29,31H,16H2,1H3,(H,28,32)/t24-/m0/s1.